The van der Waals surface area contributed by atoms with E-state index < -0.39 is 28.1 Å². The van der Waals surface area contributed by atoms with Crippen LogP contribution in [-0.2, 0) is 6.18 Å². The number of aryl methyl sites for hydroxylation is 1. The van der Waals surface area contributed by atoms with Gasteiger partial charge in [-0.1, -0.05) is 0 Å². The number of halogens is 3. The minimum atomic E-state index is -4.94. The first-order valence-electron chi connectivity index (χ1n) is 6.03. The molecule has 1 aromatic heterocycles. The summed E-state index contributed by atoms with van der Waals surface area (Å²) in [6.07, 6.45) is -4.94. The summed E-state index contributed by atoms with van der Waals surface area (Å²) in [5.41, 5.74) is -3.92. The number of nitrogens with one attached hydrogen (secondary N) is 1. The van der Waals surface area contributed by atoms with Crippen LogP contribution in [0.3, 0.4) is 0 Å². The van der Waals surface area contributed by atoms with Crippen molar-refractivity contribution in [3.63, 3.8) is 0 Å². The predicted molar refractivity (Wildman–Crippen MR) is 70.2 cm³/mol. The van der Waals surface area contributed by atoms with Crippen molar-refractivity contribution < 1.29 is 23.2 Å². The van der Waals surface area contributed by atoms with Gasteiger partial charge in [0.25, 0.3) is 0 Å². The van der Waals surface area contributed by atoms with E-state index in [-0.39, 0.29) is 23.5 Å². The fourth-order valence-corrected chi connectivity index (χ4v) is 1.68. The van der Waals surface area contributed by atoms with Crippen LogP contribution in [0.5, 0.6) is 0 Å². The molecule has 0 aromatic carbocycles. The monoisotopic (exact) mass is 307 g/mol. The van der Waals surface area contributed by atoms with Crippen molar-refractivity contribution in [3.05, 3.63) is 27.1 Å². The number of aliphatic hydroxyl groups is 1. The number of alkyl halides is 3. The van der Waals surface area contributed by atoms with Crippen molar-refractivity contribution in [3.8, 4) is 0 Å². The molecule has 0 radical (unpaired) electrons. The standard InChI is InChI=1S/C12H16F3N3O3/c1-6-7(2)17-10(12(13,14)15)9(18(20)21)8(6)16-5-11(3,4)19/h19H,5H2,1-4H3,(H,16,17). The van der Waals surface area contributed by atoms with Crippen LogP contribution >= 0.6 is 0 Å². The van der Waals surface area contributed by atoms with Crippen molar-refractivity contribution >= 4 is 11.4 Å². The van der Waals surface area contributed by atoms with Gasteiger partial charge in [0.15, 0.2) is 0 Å². The van der Waals surface area contributed by atoms with Crippen molar-refractivity contribution in [2.24, 2.45) is 0 Å². The molecule has 1 heterocycles. The summed E-state index contributed by atoms with van der Waals surface area (Å²) < 4.78 is 38.8. The zero-order valence-electron chi connectivity index (χ0n) is 12.0. The van der Waals surface area contributed by atoms with E-state index in [2.05, 4.69) is 10.3 Å². The zero-order chi connectivity index (χ0) is 16.6. The number of nitro groups is 1. The van der Waals surface area contributed by atoms with Crippen molar-refractivity contribution in [1.82, 2.24) is 4.98 Å². The molecular formula is C12H16F3N3O3. The Hall–Kier alpha value is -1.90. The smallest absolute Gasteiger partial charge is 0.389 e. The van der Waals surface area contributed by atoms with Crippen LogP contribution in [0.15, 0.2) is 0 Å². The normalized spacial score (nSPS) is 12.4. The molecular weight excluding hydrogens is 291 g/mol. The molecule has 0 saturated heterocycles. The fourth-order valence-electron chi connectivity index (χ4n) is 1.68. The minimum Gasteiger partial charge on any atom is -0.389 e. The third-order valence-corrected chi connectivity index (χ3v) is 2.81. The lowest BCUT2D eigenvalue weighted by atomic mass is 10.1. The molecule has 0 saturated carbocycles. The summed E-state index contributed by atoms with van der Waals surface area (Å²) in [5.74, 6) is 0. The predicted octanol–water partition coefficient (Wildman–Crippen LogP) is 2.81. The second kappa shape index (κ2) is 5.47. The number of hydrogen-bond donors (Lipinski definition) is 2. The van der Waals surface area contributed by atoms with Gasteiger partial charge in [0.2, 0.25) is 5.69 Å². The molecule has 0 fully saturated rings. The number of pyridine rings is 1. The minimum absolute atomic E-state index is 0.0335. The second-order valence-electron chi connectivity index (χ2n) is 5.32. The van der Waals surface area contributed by atoms with Gasteiger partial charge in [0.1, 0.15) is 5.69 Å². The Bertz CT molecular complexity index is 566. The summed E-state index contributed by atoms with van der Waals surface area (Å²) in [4.78, 5) is 13.2. The molecule has 1 rings (SSSR count). The molecule has 1 aromatic rings. The summed E-state index contributed by atoms with van der Waals surface area (Å²) in [6.45, 7) is 5.49. The lowest BCUT2D eigenvalue weighted by Gasteiger charge is -2.21. The molecule has 0 atom stereocenters. The van der Waals surface area contributed by atoms with Crippen molar-refractivity contribution in [2.75, 3.05) is 11.9 Å². The number of aromatic nitrogens is 1. The van der Waals surface area contributed by atoms with Gasteiger partial charge in [0.05, 0.1) is 10.5 Å². The SMILES string of the molecule is Cc1nc(C(F)(F)F)c([N+](=O)[O-])c(NCC(C)(C)O)c1C. The molecule has 21 heavy (non-hydrogen) atoms. The molecule has 2 N–H and O–H groups in total. The molecule has 0 bridgehead atoms. The molecule has 9 heteroatoms. The van der Waals surface area contributed by atoms with Gasteiger partial charge in [-0.15, -0.1) is 0 Å². The Morgan fingerprint density at radius 1 is 1.33 bits per heavy atom. The van der Waals surface area contributed by atoms with Gasteiger partial charge < -0.3 is 10.4 Å². The maximum absolute atomic E-state index is 12.9. The van der Waals surface area contributed by atoms with E-state index in [0.717, 1.165) is 0 Å². The number of nitrogens with zero attached hydrogens (tertiary/aromatic N) is 2. The fraction of sp³-hybridized carbons (Fsp3) is 0.583. The van der Waals surface area contributed by atoms with Crippen LogP contribution < -0.4 is 5.32 Å². The first kappa shape index (κ1) is 17.2. The first-order chi connectivity index (χ1) is 9.34. The Kier molecular flexibility index (Phi) is 4.47. The highest BCUT2D eigenvalue weighted by atomic mass is 19.4. The van der Waals surface area contributed by atoms with E-state index in [1.54, 1.807) is 0 Å². The Morgan fingerprint density at radius 3 is 2.24 bits per heavy atom. The van der Waals surface area contributed by atoms with Crippen LogP contribution in [0.4, 0.5) is 24.5 Å². The van der Waals surface area contributed by atoms with E-state index in [1.165, 1.54) is 27.7 Å². The van der Waals surface area contributed by atoms with Gasteiger partial charge in [-0.3, -0.25) is 10.1 Å². The number of rotatable bonds is 4. The maximum atomic E-state index is 12.9. The van der Waals surface area contributed by atoms with Crippen LogP contribution in [0.25, 0.3) is 0 Å². The highest BCUT2D eigenvalue weighted by molar-refractivity contribution is 5.69. The Balaban J connectivity index is 3.52. The van der Waals surface area contributed by atoms with E-state index in [1.807, 2.05) is 0 Å². The summed E-state index contributed by atoms with van der Waals surface area (Å²) in [6, 6.07) is 0. The third kappa shape index (κ3) is 4.03. The maximum Gasteiger partial charge on any atom is 0.440 e. The first-order valence-corrected chi connectivity index (χ1v) is 6.03. The van der Waals surface area contributed by atoms with Gasteiger partial charge in [0, 0.05) is 17.8 Å². The molecule has 118 valence electrons. The third-order valence-electron chi connectivity index (χ3n) is 2.81. The van der Waals surface area contributed by atoms with Crippen LogP contribution in [0.1, 0.15) is 30.8 Å². The van der Waals surface area contributed by atoms with E-state index >= 15 is 0 Å². The summed E-state index contributed by atoms with van der Waals surface area (Å²) in [7, 11) is 0. The van der Waals surface area contributed by atoms with E-state index in [0.29, 0.717) is 0 Å². The molecule has 0 aliphatic heterocycles. The van der Waals surface area contributed by atoms with Gasteiger partial charge >= 0.3 is 11.9 Å². The molecule has 6 nitrogen and oxygen atoms in total. The van der Waals surface area contributed by atoms with Crippen LogP contribution in [0, 0.1) is 24.0 Å². The molecule has 0 amide bonds. The molecule has 0 aliphatic carbocycles. The average molecular weight is 307 g/mol. The van der Waals surface area contributed by atoms with E-state index in [9.17, 15) is 28.4 Å². The van der Waals surface area contributed by atoms with Gasteiger partial charge in [-0.25, -0.2) is 4.98 Å². The molecule has 0 unspecified atom stereocenters. The summed E-state index contributed by atoms with van der Waals surface area (Å²) >= 11 is 0. The van der Waals surface area contributed by atoms with Crippen molar-refractivity contribution in [1.29, 1.82) is 0 Å². The Labute approximate surface area is 119 Å². The molecule has 0 aliphatic rings. The quantitative estimate of drug-likeness (QED) is 0.659. The zero-order valence-corrected chi connectivity index (χ0v) is 12.0. The second-order valence-corrected chi connectivity index (χ2v) is 5.32. The summed E-state index contributed by atoms with van der Waals surface area (Å²) in [5, 5.41) is 23.2. The average Bonchev–Trinajstić information content (AvgIpc) is 2.27. The van der Waals surface area contributed by atoms with Crippen LogP contribution in [0.2, 0.25) is 0 Å². The topological polar surface area (TPSA) is 88.3 Å². The lowest BCUT2D eigenvalue weighted by molar-refractivity contribution is -0.387. The highest BCUT2D eigenvalue weighted by Gasteiger charge is 2.43. The van der Waals surface area contributed by atoms with Crippen molar-refractivity contribution in [2.45, 2.75) is 39.5 Å². The van der Waals surface area contributed by atoms with Crippen LogP contribution in [-0.4, -0.2) is 27.2 Å². The van der Waals surface area contributed by atoms with E-state index in [4.69, 9.17) is 0 Å². The number of anilines is 1. The lowest BCUT2D eigenvalue weighted by Crippen LogP contribution is -2.30. The van der Waals surface area contributed by atoms with Gasteiger partial charge in [-0.05, 0) is 27.7 Å². The Morgan fingerprint density at radius 2 is 1.86 bits per heavy atom. The largest absolute Gasteiger partial charge is 0.440 e. The number of hydrogen-bond acceptors (Lipinski definition) is 5. The van der Waals surface area contributed by atoms with Gasteiger partial charge in [-0.2, -0.15) is 13.2 Å². The molecule has 0 spiro atoms. The highest BCUT2D eigenvalue weighted by Crippen LogP contribution is 2.41.